The fourth-order valence-corrected chi connectivity index (χ4v) is 4.81. The number of aryl methyl sites for hydroxylation is 1. The zero-order valence-corrected chi connectivity index (χ0v) is 20.3. The van der Waals surface area contributed by atoms with Gasteiger partial charge in [0, 0.05) is 22.9 Å². The highest BCUT2D eigenvalue weighted by Gasteiger charge is 2.14. The average molecular weight is 486 g/mol. The maximum absolute atomic E-state index is 12.6. The number of benzene rings is 3. The molecule has 1 N–H and O–H groups in total. The van der Waals surface area contributed by atoms with Crippen LogP contribution >= 0.6 is 11.3 Å². The third-order valence-electron chi connectivity index (χ3n) is 5.53. The number of methoxy groups -OCH3 is 2. The number of thiazole rings is 1. The van der Waals surface area contributed by atoms with Crippen LogP contribution < -0.4 is 14.8 Å². The summed E-state index contributed by atoms with van der Waals surface area (Å²) < 4.78 is 17.2. The first-order valence-electron chi connectivity index (χ1n) is 11.0. The molecule has 0 aliphatic carbocycles. The van der Waals surface area contributed by atoms with Gasteiger partial charge >= 0.3 is 0 Å². The molecule has 3 aromatic carbocycles. The maximum Gasteiger partial charge on any atom is 0.230 e. The number of amides is 1. The van der Waals surface area contributed by atoms with E-state index in [-0.39, 0.29) is 12.3 Å². The lowest BCUT2D eigenvalue weighted by molar-refractivity contribution is -0.115. The van der Waals surface area contributed by atoms with E-state index in [0.29, 0.717) is 28.6 Å². The number of aromatic nitrogens is 2. The number of hydrogen-bond acceptors (Lipinski definition) is 7. The number of rotatable bonds is 7. The number of anilines is 1. The lowest BCUT2D eigenvalue weighted by atomic mass is 10.1. The maximum atomic E-state index is 12.6. The molecule has 2 heterocycles. The van der Waals surface area contributed by atoms with Crippen LogP contribution in [0.1, 0.15) is 11.3 Å². The standard InChI is InChI=1S/C27H23N3O4S/c1-16-4-10-21-25(12-16)35-27(29-21)17-5-8-19(9-6-17)28-26(31)15-20-14-23(34-30-20)18-7-11-22(32-2)24(13-18)33-3/h4-14H,15H2,1-3H3,(H,28,31). The second-order valence-electron chi connectivity index (χ2n) is 8.04. The number of carbonyl (C=O) groups is 1. The fraction of sp³-hybridized carbons (Fsp3) is 0.148. The summed E-state index contributed by atoms with van der Waals surface area (Å²) in [4.78, 5) is 17.3. The predicted molar refractivity (Wildman–Crippen MR) is 137 cm³/mol. The summed E-state index contributed by atoms with van der Waals surface area (Å²) in [6.45, 7) is 2.08. The molecular weight excluding hydrogens is 462 g/mol. The van der Waals surface area contributed by atoms with Crippen LogP contribution in [0.5, 0.6) is 11.5 Å². The number of nitrogens with one attached hydrogen (secondary N) is 1. The molecule has 1 amide bonds. The summed E-state index contributed by atoms with van der Waals surface area (Å²) in [5.41, 5.74) is 5.25. The second kappa shape index (κ2) is 9.60. The number of hydrogen-bond donors (Lipinski definition) is 1. The first-order valence-corrected chi connectivity index (χ1v) is 11.8. The molecule has 35 heavy (non-hydrogen) atoms. The van der Waals surface area contributed by atoms with Crippen LogP contribution in [0, 0.1) is 6.92 Å². The Labute approximate surface area is 206 Å². The van der Waals surface area contributed by atoms with E-state index in [1.165, 1.54) is 5.56 Å². The van der Waals surface area contributed by atoms with E-state index in [4.69, 9.17) is 19.0 Å². The molecule has 7 nitrogen and oxygen atoms in total. The SMILES string of the molecule is COc1ccc(-c2cc(CC(=O)Nc3ccc(-c4nc5ccc(C)cc5s4)cc3)no2)cc1OC. The lowest BCUT2D eigenvalue weighted by Gasteiger charge is -2.07. The second-order valence-corrected chi connectivity index (χ2v) is 9.08. The van der Waals surface area contributed by atoms with E-state index < -0.39 is 0 Å². The first-order chi connectivity index (χ1) is 17.0. The molecule has 176 valence electrons. The van der Waals surface area contributed by atoms with Gasteiger partial charge in [-0.05, 0) is 67.1 Å². The van der Waals surface area contributed by atoms with Crippen molar-refractivity contribution in [2.75, 3.05) is 19.5 Å². The van der Waals surface area contributed by atoms with Crippen molar-refractivity contribution in [1.82, 2.24) is 10.1 Å². The van der Waals surface area contributed by atoms with Crippen LogP contribution in [0.15, 0.2) is 71.3 Å². The highest BCUT2D eigenvalue weighted by atomic mass is 32.1. The third-order valence-corrected chi connectivity index (χ3v) is 6.60. The van der Waals surface area contributed by atoms with Gasteiger partial charge in [-0.2, -0.15) is 0 Å². The van der Waals surface area contributed by atoms with Crippen molar-refractivity contribution < 1.29 is 18.8 Å². The van der Waals surface area contributed by atoms with Crippen molar-refractivity contribution in [2.24, 2.45) is 0 Å². The summed E-state index contributed by atoms with van der Waals surface area (Å²) >= 11 is 1.66. The summed E-state index contributed by atoms with van der Waals surface area (Å²) in [6, 6.07) is 21.1. The average Bonchev–Trinajstić information content (AvgIpc) is 3.50. The van der Waals surface area contributed by atoms with Gasteiger partial charge in [-0.3, -0.25) is 4.79 Å². The number of fused-ring (bicyclic) bond motifs is 1. The summed E-state index contributed by atoms with van der Waals surface area (Å²) in [6.07, 6.45) is 0.0930. The van der Waals surface area contributed by atoms with Crippen LogP contribution in [-0.2, 0) is 11.2 Å². The Morgan fingerprint density at radius 1 is 0.943 bits per heavy atom. The minimum Gasteiger partial charge on any atom is -0.493 e. The van der Waals surface area contributed by atoms with Crippen LogP contribution in [0.25, 0.3) is 32.1 Å². The molecule has 8 heteroatoms. The third kappa shape index (κ3) is 4.88. The van der Waals surface area contributed by atoms with E-state index in [1.54, 1.807) is 43.8 Å². The molecule has 0 atom stereocenters. The van der Waals surface area contributed by atoms with Gasteiger partial charge in [-0.15, -0.1) is 11.3 Å². The Morgan fingerprint density at radius 3 is 2.49 bits per heavy atom. The largest absolute Gasteiger partial charge is 0.493 e. The zero-order valence-electron chi connectivity index (χ0n) is 19.5. The smallest absolute Gasteiger partial charge is 0.230 e. The van der Waals surface area contributed by atoms with Crippen molar-refractivity contribution in [3.63, 3.8) is 0 Å². The van der Waals surface area contributed by atoms with Crippen molar-refractivity contribution in [2.45, 2.75) is 13.3 Å². The molecule has 0 aliphatic rings. The molecule has 0 unspecified atom stereocenters. The molecular formula is C27H23N3O4S. The molecule has 0 aliphatic heterocycles. The van der Waals surface area contributed by atoms with Gasteiger partial charge in [-0.1, -0.05) is 11.2 Å². The monoisotopic (exact) mass is 485 g/mol. The van der Waals surface area contributed by atoms with Crippen molar-refractivity contribution in [3.8, 4) is 33.4 Å². The minimum absolute atomic E-state index is 0.0930. The van der Waals surface area contributed by atoms with Gasteiger partial charge in [0.2, 0.25) is 5.91 Å². The Kier molecular flexibility index (Phi) is 6.20. The highest BCUT2D eigenvalue weighted by Crippen LogP contribution is 2.33. The number of nitrogens with zero attached hydrogens (tertiary/aromatic N) is 2. The number of carbonyl (C=O) groups excluding carboxylic acids is 1. The zero-order chi connectivity index (χ0) is 24.4. The van der Waals surface area contributed by atoms with Gasteiger partial charge in [0.25, 0.3) is 0 Å². The topological polar surface area (TPSA) is 86.5 Å². The van der Waals surface area contributed by atoms with Gasteiger partial charge in [0.1, 0.15) is 5.01 Å². The Morgan fingerprint density at radius 2 is 1.71 bits per heavy atom. The van der Waals surface area contributed by atoms with Crippen LogP contribution in [-0.4, -0.2) is 30.3 Å². The molecule has 2 aromatic heterocycles. The van der Waals surface area contributed by atoms with E-state index in [0.717, 1.165) is 26.4 Å². The highest BCUT2D eigenvalue weighted by molar-refractivity contribution is 7.21. The van der Waals surface area contributed by atoms with Crippen molar-refractivity contribution >= 4 is 33.1 Å². The van der Waals surface area contributed by atoms with Gasteiger partial charge in [-0.25, -0.2) is 4.98 Å². The molecule has 0 saturated heterocycles. The molecule has 0 saturated carbocycles. The van der Waals surface area contributed by atoms with E-state index in [2.05, 4.69) is 29.5 Å². The number of ether oxygens (including phenoxy) is 2. The Balaban J connectivity index is 1.24. The van der Waals surface area contributed by atoms with Gasteiger partial charge in [0.15, 0.2) is 17.3 Å². The van der Waals surface area contributed by atoms with Gasteiger partial charge in [0.05, 0.1) is 36.6 Å². The lowest BCUT2D eigenvalue weighted by Crippen LogP contribution is -2.14. The van der Waals surface area contributed by atoms with Crippen LogP contribution in [0.4, 0.5) is 5.69 Å². The van der Waals surface area contributed by atoms with Crippen LogP contribution in [0.2, 0.25) is 0 Å². The minimum atomic E-state index is -0.180. The molecule has 5 rings (SSSR count). The normalized spacial score (nSPS) is 10.9. The first kappa shape index (κ1) is 22.6. The van der Waals surface area contributed by atoms with E-state index in [9.17, 15) is 4.79 Å². The van der Waals surface area contributed by atoms with E-state index >= 15 is 0 Å². The summed E-state index contributed by atoms with van der Waals surface area (Å²) in [5, 5.41) is 7.90. The Bertz CT molecular complexity index is 1500. The quantitative estimate of drug-likeness (QED) is 0.299. The summed E-state index contributed by atoms with van der Waals surface area (Å²) in [5.74, 6) is 1.58. The molecule has 0 spiro atoms. The molecule has 0 fully saturated rings. The molecule has 0 bridgehead atoms. The van der Waals surface area contributed by atoms with Crippen molar-refractivity contribution in [3.05, 3.63) is 78.0 Å². The van der Waals surface area contributed by atoms with Crippen LogP contribution in [0.3, 0.4) is 0 Å². The Hall–Kier alpha value is -4.17. The molecule has 5 aromatic rings. The van der Waals surface area contributed by atoms with Crippen molar-refractivity contribution in [1.29, 1.82) is 0 Å². The fourth-order valence-electron chi connectivity index (χ4n) is 3.74. The van der Waals surface area contributed by atoms with E-state index in [1.807, 2.05) is 36.4 Å². The summed E-state index contributed by atoms with van der Waals surface area (Å²) in [7, 11) is 3.15. The molecule has 0 radical (unpaired) electrons. The predicted octanol–water partition coefficient (Wildman–Crippen LogP) is 6.13. The van der Waals surface area contributed by atoms with Gasteiger partial charge < -0.3 is 19.3 Å².